The SMILES string of the molecule is CS(=O)(=O)NCCCNS(=O)(=O)c1ccccc1N. The van der Waals surface area contributed by atoms with Gasteiger partial charge in [0.25, 0.3) is 0 Å². The van der Waals surface area contributed by atoms with Crippen molar-refractivity contribution in [2.75, 3.05) is 25.1 Å². The molecule has 4 N–H and O–H groups in total. The summed E-state index contributed by atoms with van der Waals surface area (Å²) in [6, 6.07) is 6.13. The quantitative estimate of drug-likeness (QED) is 0.463. The van der Waals surface area contributed by atoms with Gasteiger partial charge in [0.15, 0.2) is 0 Å². The summed E-state index contributed by atoms with van der Waals surface area (Å²) in [7, 11) is -6.91. The monoisotopic (exact) mass is 307 g/mol. The molecule has 0 saturated heterocycles. The zero-order chi connectivity index (χ0) is 14.5. The fourth-order valence-electron chi connectivity index (χ4n) is 1.36. The van der Waals surface area contributed by atoms with Gasteiger partial charge in [-0.25, -0.2) is 26.3 Å². The fraction of sp³-hybridized carbons (Fsp3) is 0.400. The molecule has 9 heteroatoms. The summed E-state index contributed by atoms with van der Waals surface area (Å²) in [6.07, 6.45) is 1.39. The summed E-state index contributed by atoms with van der Waals surface area (Å²) in [6.45, 7) is 0.296. The van der Waals surface area contributed by atoms with Gasteiger partial charge >= 0.3 is 0 Å². The molecule has 0 aliphatic carbocycles. The molecule has 1 rings (SSSR count). The Morgan fingerprint density at radius 3 is 2.21 bits per heavy atom. The minimum absolute atomic E-state index is 0.0195. The molecule has 108 valence electrons. The van der Waals surface area contributed by atoms with E-state index in [0.717, 1.165) is 6.26 Å². The maximum atomic E-state index is 11.9. The van der Waals surface area contributed by atoms with Crippen molar-refractivity contribution in [3.05, 3.63) is 24.3 Å². The number of hydrogen-bond donors (Lipinski definition) is 3. The summed E-state index contributed by atoms with van der Waals surface area (Å²) in [4.78, 5) is 0.0195. The first-order chi connectivity index (χ1) is 8.72. The Morgan fingerprint density at radius 2 is 1.63 bits per heavy atom. The topological polar surface area (TPSA) is 118 Å². The van der Waals surface area contributed by atoms with Crippen LogP contribution in [0.5, 0.6) is 0 Å². The van der Waals surface area contributed by atoms with Crippen molar-refractivity contribution in [2.24, 2.45) is 0 Å². The van der Waals surface area contributed by atoms with Crippen LogP contribution in [0.3, 0.4) is 0 Å². The molecule has 0 fully saturated rings. The molecule has 0 saturated carbocycles. The first-order valence-electron chi connectivity index (χ1n) is 5.51. The molecular weight excluding hydrogens is 290 g/mol. The molecule has 0 unspecified atom stereocenters. The standard InChI is InChI=1S/C10H17N3O4S2/c1-18(14,15)12-7-4-8-13-19(16,17)10-6-3-2-5-9(10)11/h2-3,5-6,12-13H,4,7-8,11H2,1H3. The zero-order valence-corrected chi connectivity index (χ0v) is 12.1. The van der Waals surface area contributed by atoms with Crippen LogP contribution >= 0.6 is 0 Å². The van der Waals surface area contributed by atoms with Gasteiger partial charge < -0.3 is 5.73 Å². The Balaban J connectivity index is 2.51. The van der Waals surface area contributed by atoms with Gasteiger partial charge in [-0.1, -0.05) is 12.1 Å². The van der Waals surface area contributed by atoms with Gasteiger partial charge in [-0.15, -0.1) is 0 Å². The first-order valence-corrected chi connectivity index (χ1v) is 8.88. The Morgan fingerprint density at radius 1 is 1.05 bits per heavy atom. The summed E-state index contributed by atoms with van der Waals surface area (Å²) in [5, 5.41) is 0. The Labute approximate surface area is 113 Å². The second kappa shape index (κ2) is 6.33. The number of nitrogens with one attached hydrogen (secondary N) is 2. The number of sulfonamides is 2. The molecule has 1 aromatic rings. The summed E-state index contributed by atoms with van der Waals surface area (Å²) in [5.74, 6) is 0. The third kappa shape index (κ3) is 5.55. The average Bonchev–Trinajstić information content (AvgIpc) is 2.27. The lowest BCUT2D eigenvalue weighted by molar-refractivity contribution is 0.575. The highest BCUT2D eigenvalue weighted by Gasteiger charge is 2.15. The number of rotatable bonds is 7. The predicted molar refractivity (Wildman–Crippen MR) is 73.5 cm³/mol. The van der Waals surface area contributed by atoms with E-state index >= 15 is 0 Å². The normalized spacial score (nSPS) is 12.5. The minimum atomic E-state index is -3.66. The Kier molecular flexibility index (Phi) is 5.29. The lowest BCUT2D eigenvalue weighted by atomic mass is 10.3. The van der Waals surface area contributed by atoms with Gasteiger partial charge in [-0.3, -0.25) is 0 Å². The van der Waals surface area contributed by atoms with Gasteiger partial charge in [-0.05, 0) is 18.6 Å². The van der Waals surface area contributed by atoms with Crippen LogP contribution in [0.15, 0.2) is 29.2 Å². The van der Waals surface area contributed by atoms with E-state index in [4.69, 9.17) is 5.73 Å². The molecule has 1 aromatic carbocycles. The van der Waals surface area contributed by atoms with E-state index < -0.39 is 20.0 Å². The van der Waals surface area contributed by atoms with E-state index in [1.165, 1.54) is 12.1 Å². The van der Waals surface area contributed by atoms with E-state index in [9.17, 15) is 16.8 Å². The number of hydrogen-bond acceptors (Lipinski definition) is 5. The van der Waals surface area contributed by atoms with Crippen molar-refractivity contribution < 1.29 is 16.8 Å². The van der Waals surface area contributed by atoms with Crippen LogP contribution in [-0.2, 0) is 20.0 Å². The summed E-state index contributed by atoms with van der Waals surface area (Å²) < 4.78 is 50.0. The number of nitrogens with two attached hydrogens (primary N) is 1. The van der Waals surface area contributed by atoms with Crippen LogP contribution < -0.4 is 15.2 Å². The molecule has 0 spiro atoms. The van der Waals surface area contributed by atoms with E-state index in [-0.39, 0.29) is 23.7 Å². The average molecular weight is 307 g/mol. The van der Waals surface area contributed by atoms with E-state index in [2.05, 4.69) is 9.44 Å². The van der Waals surface area contributed by atoms with Gasteiger partial charge in [-0.2, -0.15) is 0 Å². The third-order valence-corrected chi connectivity index (χ3v) is 4.48. The molecule has 0 heterocycles. The second-order valence-corrected chi connectivity index (χ2v) is 7.52. The van der Waals surface area contributed by atoms with Gasteiger partial charge in [0.2, 0.25) is 20.0 Å². The van der Waals surface area contributed by atoms with E-state index in [1.54, 1.807) is 12.1 Å². The Bertz CT molecular complexity index is 626. The highest BCUT2D eigenvalue weighted by atomic mass is 32.2. The molecule has 19 heavy (non-hydrogen) atoms. The lowest BCUT2D eigenvalue weighted by Crippen LogP contribution is -2.29. The van der Waals surface area contributed by atoms with Gasteiger partial charge in [0.1, 0.15) is 4.90 Å². The molecule has 0 aromatic heterocycles. The van der Waals surface area contributed by atoms with Crippen molar-refractivity contribution in [3.8, 4) is 0 Å². The highest BCUT2D eigenvalue weighted by molar-refractivity contribution is 7.89. The number of anilines is 1. The third-order valence-electron chi connectivity index (χ3n) is 2.22. The largest absolute Gasteiger partial charge is 0.398 e. The lowest BCUT2D eigenvalue weighted by Gasteiger charge is -2.08. The summed E-state index contributed by atoms with van der Waals surface area (Å²) >= 11 is 0. The van der Waals surface area contributed by atoms with Crippen molar-refractivity contribution in [2.45, 2.75) is 11.3 Å². The van der Waals surface area contributed by atoms with Crippen LogP contribution in [0.2, 0.25) is 0 Å². The van der Waals surface area contributed by atoms with Crippen LogP contribution in [0, 0.1) is 0 Å². The minimum Gasteiger partial charge on any atom is -0.398 e. The molecular formula is C10H17N3O4S2. The van der Waals surface area contributed by atoms with Crippen molar-refractivity contribution in [3.63, 3.8) is 0 Å². The van der Waals surface area contributed by atoms with Crippen molar-refractivity contribution in [1.29, 1.82) is 0 Å². The number of benzene rings is 1. The van der Waals surface area contributed by atoms with Crippen molar-refractivity contribution in [1.82, 2.24) is 9.44 Å². The molecule has 0 aliphatic heterocycles. The molecule has 0 amide bonds. The van der Waals surface area contributed by atoms with Gasteiger partial charge in [0, 0.05) is 13.1 Å². The zero-order valence-electron chi connectivity index (χ0n) is 10.5. The van der Waals surface area contributed by atoms with Crippen molar-refractivity contribution >= 4 is 25.7 Å². The van der Waals surface area contributed by atoms with Crippen LogP contribution in [0.25, 0.3) is 0 Å². The maximum absolute atomic E-state index is 11.9. The summed E-state index contributed by atoms with van der Waals surface area (Å²) in [5.41, 5.74) is 5.75. The first kappa shape index (κ1) is 15.9. The number of nitrogen functional groups attached to an aromatic ring is 1. The molecule has 0 bridgehead atoms. The maximum Gasteiger partial charge on any atom is 0.242 e. The smallest absolute Gasteiger partial charge is 0.242 e. The Hall–Kier alpha value is -1.16. The second-order valence-electron chi connectivity index (χ2n) is 3.96. The fourth-order valence-corrected chi connectivity index (χ4v) is 3.08. The van der Waals surface area contributed by atoms with Crippen LogP contribution in [0.4, 0.5) is 5.69 Å². The molecule has 0 aliphatic rings. The number of para-hydroxylation sites is 1. The molecule has 0 radical (unpaired) electrons. The van der Waals surface area contributed by atoms with Crippen LogP contribution in [0.1, 0.15) is 6.42 Å². The van der Waals surface area contributed by atoms with E-state index in [0.29, 0.717) is 6.42 Å². The molecule has 0 atom stereocenters. The highest BCUT2D eigenvalue weighted by Crippen LogP contribution is 2.16. The van der Waals surface area contributed by atoms with Gasteiger partial charge in [0.05, 0.1) is 11.9 Å². The molecule has 7 nitrogen and oxygen atoms in total. The predicted octanol–water partition coefficient (Wildman–Crippen LogP) is -0.514. The van der Waals surface area contributed by atoms with E-state index in [1.807, 2.05) is 0 Å². The van der Waals surface area contributed by atoms with Crippen LogP contribution in [-0.4, -0.2) is 36.2 Å².